The zero-order valence-electron chi connectivity index (χ0n) is 18.3. The van der Waals surface area contributed by atoms with E-state index in [9.17, 15) is 9.13 Å². The number of rotatable bonds is 6. The van der Waals surface area contributed by atoms with Crippen LogP contribution in [0, 0.1) is 0 Å². The molecule has 4 nitrogen and oxygen atoms in total. The Balaban J connectivity index is 1.67. The Morgan fingerprint density at radius 2 is 0.588 bits per heavy atom. The molecule has 4 aromatic carbocycles. The predicted molar refractivity (Wildman–Crippen MR) is 141 cm³/mol. The van der Waals surface area contributed by atoms with Gasteiger partial charge in [-0.05, 0) is 12.1 Å². The molecule has 0 fully saturated rings. The van der Waals surface area contributed by atoms with Crippen molar-refractivity contribution in [3.05, 3.63) is 133 Å². The van der Waals surface area contributed by atoms with Gasteiger partial charge in [0.25, 0.3) is 0 Å². The lowest BCUT2D eigenvalue weighted by atomic mass is 10.4. The van der Waals surface area contributed by atoms with Crippen LogP contribution in [0.4, 0.5) is 0 Å². The van der Waals surface area contributed by atoms with Crippen LogP contribution >= 0.6 is 14.3 Å². The Hall–Kier alpha value is -3.58. The first kappa shape index (κ1) is 22.2. The van der Waals surface area contributed by atoms with E-state index in [4.69, 9.17) is 0 Å². The van der Waals surface area contributed by atoms with Crippen molar-refractivity contribution in [3.63, 3.8) is 0 Å². The van der Waals surface area contributed by atoms with Gasteiger partial charge in [0.1, 0.15) is 10.9 Å². The smallest absolute Gasteiger partial charge is 0.190 e. The van der Waals surface area contributed by atoms with Crippen LogP contribution in [0.3, 0.4) is 0 Å². The Kier molecular flexibility index (Phi) is 6.11. The van der Waals surface area contributed by atoms with Crippen molar-refractivity contribution in [1.29, 1.82) is 0 Å². The Labute approximate surface area is 199 Å². The second-order valence-corrected chi connectivity index (χ2v) is 13.2. The highest BCUT2D eigenvalue weighted by Crippen LogP contribution is 2.43. The van der Waals surface area contributed by atoms with Gasteiger partial charge in [-0.2, -0.15) is 0 Å². The van der Waals surface area contributed by atoms with Crippen LogP contribution in [0.1, 0.15) is 0 Å². The van der Waals surface area contributed by atoms with Crippen molar-refractivity contribution >= 4 is 46.4 Å². The maximum Gasteiger partial charge on any atom is 0.190 e. The van der Waals surface area contributed by atoms with Crippen LogP contribution < -0.4 is 32.1 Å². The van der Waals surface area contributed by atoms with Gasteiger partial charge in [-0.15, -0.1) is 10.2 Å². The van der Waals surface area contributed by atoms with Gasteiger partial charge in [-0.25, -0.2) is 0 Å². The third-order valence-corrected chi connectivity index (χ3v) is 11.6. The first-order valence-electron chi connectivity index (χ1n) is 10.9. The van der Waals surface area contributed by atoms with Crippen molar-refractivity contribution in [2.45, 2.75) is 0 Å². The standard InChI is InChI=1S/C28H22N2O2P2/c31-33(23-13-5-1-6-14-23,24-15-7-2-8-16-24)27-21-22-28(30-29-27)34(32,25-17-9-3-10-18-25)26-19-11-4-12-20-26/h1-22H. The summed E-state index contributed by atoms with van der Waals surface area (Å²) in [4.78, 5) is 0. The lowest BCUT2D eigenvalue weighted by Gasteiger charge is -2.21. The quantitative estimate of drug-likeness (QED) is 0.348. The van der Waals surface area contributed by atoms with Gasteiger partial charge in [0.05, 0.1) is 0 Å². The van der Waals surface area contributed by atoms with Crippen LogP contribution in [0.2, 0.25) is 0 Å². The van der Waals surface area contributed by atoms with Gasteiger partial charge in [-0.1, -0.05) is 121 Å². The van der Waals surface area contributed by atoms with Crippen LogP contribution in [0.5, 0.6) is 0 Å². The first-order chi connectivity index (χ1) is 16.6. The number of nitrogens with zero attached hydrogens (tertiary/aromatic N) is 2. The van der Waals surface area contributed by atoms with E-state index in [0.717, 1.165) is 0 Å². The van der Waals surface area contributed by atoms with Gasteiger partial charge < -0.3 is 9.13 Å². The third kappa shape index (κ3) is 3.86. The number of hydrogen-bond donors (Lipinski definition) is 0. The third-order valence-electron chi connectivity index (χ3n) is 5.76. The van der Waals surface area contributed by atoms with Crippen LogP contribution in [-0.4, -0.2) is 10.2 Å². The summed E-state index contributed by atoms with van der Waals surface area (Å²) in [6, 6.07) is 40.7. The normalized spacial score (nSPS) is 11.8. The summed E-state index contributed by atoms with van der Waals surface area (Å²) < 4.78 is 29.1. The summed E-state index contributed by atoms with van der Waals surface area (Å²) in [6.45, 7) is 0. The zero-order valence-corrected chi connectivity index (χ0v) is 20.1. The minimum absolute atomic E-state index is 0.362. The highest BCUT2D eigenvalue weighted by molar-refractivity contribution is 7.85. The molecule has 0 atom stereocenters. The summed E-state index contributed by atoms with van der Waals surface area (Å²) in [5.41, 5.74) is 0.725. The topological polar surface area (TPSA) is 59.9 Å². The molecule has 0 radical (unpaired) electrons. The van der Waals surface area contributed by atoms with Crippen molar-refractivity contribution in [2.75, 3.05) is 0 Å². The molecule has 1 heterocycles. The predicted octanol–water partition coefficient (Wildman–Crippen LogP) is 3.76. The monoisotopic (exact) mass is 480 g/mol. The van der Waals surface area contributed by atoms with E-state index < -0.39 is 14.3 Å². The van der Waals surface area contributed by atoms with E-state index >= 15 is 0 Å². The largest absolute Gasteiger partial charge is 0.307 e. The van der Waals surface area contributed by atoms with E-state index in [2.05, 4.69) is 10.2 Å². The molecule has 34 heavy (non-hydrogen) atoms. The van der Waals surface area contributed by atoms with Crippen LogP contribution in [0.15, 0.2) is 133 Å². The van der Waals surface area contributed by atoms with E-state index in [-0.39, 0.29) is 0 Å². The summed E-state index contributed by atoms with van der Waals surface area (Å²) in [5.74, 6) is 0. The molecule has 0 N–H and O–H groups in total. The van der Waals surface area contributed by atoms with Crippen molar-refractivity contribution in [1.82, 2.24) is 10.2 Å². The van der Waals surface area contributed by atoms with Gasteiger partial charge in [-0.3, -0.25) is 0 Å². The molecule has 0 saturated carbocycles. The highest BCUT2D eigenvalue weighted by Gasteiger charge is 2.35. The van der Waals surface area contributed by atoms with Crippen molar-refractivity contribution < 1.29 is 9.13 Å². The molecule has 5 rings (SSSR count). The molecule has 0 aliphatic heterocycles. The summed E-state index contributed by atoms with van der Waals surface area (Å²) >= 11 is 0. The highest BCUT2D eigenvalue weighted by atomic mass is 31.2. The molecule has 1 aromatic heterocycles. The van der Waals surface area contributed by atoms with E-state index in [1.807, 2.05) is 121 Å². The molecule has 0 spiro atoms. The SMILES string of the molecule is O=P(c1ccccc1)(c1ccccc1)c1ccc(P(=O)(c2ccccc2)c2ccccc2)nn1. The molecular weight excluding hydrogens is 458 g/mol. The van der Waals surface area contributed by atoms with Gasteiger partial charge in [0.2, 0.25) is 0 Å². The second-order valence-electron chi connectivity index (χ2n) is 7.81. The molecule has 166 valence electrons. The average molecular weight is 480 g/mol. The van der Waals surface area contributed by atoms with E-state index in [0.29, 0.717) is 32.1 Å². The molecule has 0 amide bonds. The summed E-state index contributed by atoms with van der Waals surface area (Å²) in [6.07, 6.45) is 0. The van der Waals surface area contributed by atoms with Crippen LogP contribution in [-0.2, 0) is 9.13 Å². The lowest BCUT2D eigenvalue weighted by Crippen LogP contribution is -2.32. The van der Waals surface area contributed by atoms with E-state index in [1.54, 1.807) is 12.1 Å². The number of hydrogen-bond acceptors (Lipinski definition) is 4. The second kappa shape index (κ2) is 9.35. The molecule has 0 saturated heterocycles. The lowest BCUT2D eigenvalue weighted by molar-refractivity contribution is 0.590. The summed E-state index contributed by atoms with van der Waals surface area (Å²) in [5, 5.41) is 11.6. The van der Waals surface area contributed by atoms with Crippen molar-refractivity contribution in [3.8, 4) is 0 Å². The number of aromatic nitrogens is 2. The Morgan fingerprint density at radius 1 is 0.353 bits per heavy atom. The minimum Gasteiger partial charge on any atom is -0.307 e. The zero-order chi connectivity index (χ0) is 23.4. The molecule has 5 aromatic rings. The fourth-order valence-electron chi connectivity index (χ4n) is 4.03. The minimum atomic E-state index is -3.26. The Morgan fingerprint density at radius 3 is 0.794 bits per heavy atom. The fourth-order valence-corrected chi connectivity index (χ4v) is 8.97. The van der Waals surface area contributed by atoms with Crippen molar-refractivity contribution in [2.24, 2.45) is 0 Å². The van der Waals surface area contributed by atoms with Crippen LogP contribution in [0.25, 0.3) is 0 Å². The molecule has 0 bridgehead atoms. The molecule has 0 unspecified atom stereocenters. The Bertz CT molecular complexity index is 1270. The molecular formula is C28H22N2O2P2. The van der Waals surface area contributed by atoms with Gasteiger partial charge in [0.15, 0.2) is 14.3 Å². The maximum atomic E-state index is 14.5. The molecule has 0 aliphatic rings. The number of benzene rings is 4. The first-order valence-corrected chi connectivity index (χ1v) is 14.3. The van der Waals surface area contributed by atoms with E-state index in [1.165, 1.54) is 0 Å². The van der Waals surface area contributed by atoms with Gasteiger partial charge >= 0.3 is 0 Å². The molecule has 0 aliphatic carbocycles. The fraction of sp³-hybridized carbons (Fsp3) is 0. The average Bonchev–Trinajstić information content (AvgIpc) is 2.94. The summed E-state index contributed by atoms with van der Waals surface area (Å²) in [7, 11) is -6.51. The molecule has 6 heteroatoms. The maximum absolute atomic E-state index is 14.5. The van der Waals surface area contributed by atoms with Gasteiger partial charge in [0, 0.05) is 21.2 Å².